The monoisotopic (exact) mass is 226 g/mol. The van der Waals surface area contributed by atoms with E-state index in [4.69, 9.17) is 9.47 Å². The molecule has 0 aliphatic carbocycles. The Balaban J connectivity index is 2.36. The minimum Gasteiger partial charge on any atom is -0.462 e. The van der Waals surface area contributed by atoms with E-state index >= 15 is 0 Å². The smallest absolute Gasteiger partial charge is 0.341 e. The minimum absolute atomic E-state index is 0.321. The Morgan fingerprint density at radius 1 is 1.44 bits per heavy atom. The zero-order valence-electron chi connectivity index (χ0n) is 9.81. The molecule has 1 aromatic rings. The molecular weight excluding hydrogens is 208 g/mol. The molecule has 90 valence electrons. The molecule has 0 fully saturated rings. The van der Waals surface area contributed by atoms with Crippen molar-refractivity contribution in [2.45, 2.75) is 26.8 Å². The molecule has 1 heterocycles. The van der Waals surface area contributed by atoms with Gasteiger partial charge in [0.15, 0.2) is 0 Å². The van der Waals surface area contributed by atoms with Crippen LogP contribution in [0.25, 0.3) is 0 Å². The molecule has 5 heteroatoms. The van der Waals surface area contributed by atoms with Crippen molar-refractivity contribution in [1.82, 2.24) is 9.78 Å². The third kappa shape index (κ3) is 4.02. The molecule has 16 heavy (non-hydrogen) atoms. The van der Waals surface area contributed by atoms with Gasteiger partial charge in [0.25, 0.3) is 0 Å². The molecular formula is C11H18N2O3. The molecule has 0 saturated carbocycles. The number of carbonyl (C=O) groups excluding carboxylic acids is 1. The summed E-state index contributed by atoms with van der Waals surface area (Å²) in [6, 6.07) is 0. The summed E-state index contributed by atoms with van der Waals surface area (Å²) < 4.78 is 11.8. The van der Waals surface area contributed by atoms with Crippen molar-refractivity contribution in [2.24, 2.45) is 0 Å². The van der Waals surface area contributed by atoms with Crippen LogP contribution in [-0.2, 0) is 16.0 Å². The maximum Gasteiger partial charge on any atom is 0.341 e. The van der Waals surface area contributed by atoms with Crippen LogP contribution in [0, 0.1) is 0 Å². The average Bonchev–Trinajstić information content (AvgIpc) is 2.73. The highest BCUT2D eigenvalue weighted by Gasteiger charge is 2.08. The minimum atomic E-state index is -0.321. The second-order valence-corrected chi connectivity index (χ2v) is 3.26. The molecule has 1 rings (SSSR count). The van der Waals surface area contributed by atoms with Crippen LogP contribution in [0.2, 0.25) is 0 Å². The van der Waals surface area contributed by atoms with Crippen LogP contribution in [0.15, 0.2) is 12.4 Å². The van der Waals surface area contributed by atoms with Gasteiger partial charge in [0.05, 0.1) is 18.4 Å². The standard InChI is InChI=1S/C11H18N2O3/c1-3-15-7-5-6-13-9-10(8-12-13)11(14)16-4-2/h8-9H,3-7H2,1-2H3. The number of esters is 1. The number of aromatic nitrogens is 2. The average molecular weight is 226 g/mol. The Hall–Kier alpha value is -1.36. The zero-order valence-corrected chi connectivity index (χ0v) is 9.81. The summed E-state index contributed by atoms with van der Waals surface area (Å²) in [5.41, 5.74) is 0.498. The van der Waals surface area contributed by atoms with Crippen LogP contribution in [0.5, 0.6) is 0 Å². The second-order valence-electron chi connectivity index (χ2n) is 3.26. The molecule has 0 spiro atoms. The van der Waals surface area contributed by atoms with Crippen LogP contribution in [0.4, 0.5) is 0 Å². The third-order valence-corrected chi connectivity index (χ3v) is 2.02. The highest BCUT2D eigenvalue weighted by molar-refractivity contribution is 5.88. The van der Waals surface area contributed by atoms with E-state index < -0.39 is 0 Å². The number of rotatable bonds is 7. The first-order chi connectivity index (χ1) is 7.77. The highest BCUT2D eigenvalue weighted by atomic mass is 16.5. The molecule has 0 saturated heterocycles. The first-order valence-electron chi connectivity index (χ1n) is 5.55. The predicted molar refractivity (Wildman–Crippen MR) is 59.3 cm³/mol. The van der Waals surface area contributed by atoms with Crippen molar-refractivity contribution in [3.63, 3.8) is 0 Å². The van der Waals surface area contributed by atoms with E-state index in [9.17, 15) is 4.79 Å². The van der Waals surface area contributed by atoms with Crippen molar-refractivity contribution in [3.05, 3.63) is 18.0 Å². The number of nitrogens with zero attached hydrogens (tertiary/aromatic N) is 2. The SMILES string of the molecule is CCOCCCn1cc(C(=O)OCC)cn1. The number of aryl methyl sites for hydroxylation is 1. The Kier molecular flexibility index (Phi) is 5.56. The van der Waals surface area contributed by atoms with Crippen molar-refractivity contribution in [1.29, 1.82) is 0 Å². The molecule has 0 amide bonds. The van der Waals surface area contributed by atoms with Crippen LogP contribution in [0.3, 0.4) is 0 Å². The van der Waals surface area contributed by atoms with Crippen molar-refractivity contribution < 1.29 is 14.3 Å². The zero-order chi connectivity index (χ0) is 11.8. The lowest BCUT2D eigenvalue weighted by Gasteiger charge is -2.01. The van der Waals surface area contributed by atoms with E-state index in [-0.39, 0.29) is 5.97 Å². The normalized spacial score (nSPS) is 10.4. The molecule has 0 atom stereocenters. The van der Waals surface area contributed by atoms with Crippen LogP contribution in [0.1, 0.15) is 30.6 Å². The molecule has 0 radical (unpaired) electrons. The summed E-state index contributed by atoms with van der Waals surface area (Å²) in [6.45, 7) is 6.32. The van der Waals surface area contributed by atoms with E-state index in [0.29, 0.717) is 18.8 Å². The predicted octanol–water partition coefficient (Wildman–Crippen LogP) is 1.49. The van der Waals surface area contributed by atoms with Gasteiger partial charge in [0.2, 0.25) is 0 Å². The summed E-state index contributed by atoms with van der Waals surface area (Å²) in [6.07, 6.45) is 4.11. The van der Waals surface area contributed by atoms with Gasteiger partial charge < -0.3 is 9.47 Å². The summed E-state index contributed by atoms with van der Waals surface area (Å²) >= 11 is 0. The maximum atomic E-state index is 11.3. The molecule has 0 unspecified atom stereocenters. The topological polar surface area (TPSA) is 53.4 Å². The Bertz CT molecular complexity index is 323. The Morgan fingerprint density at radius 3 is 2.94 bits per heavy atom. The maximum absolute atomic E-state index is 11.3. The van der Waals surface area contributed by atoms with Crippen molar-refractivity contribution >= 4 is 5.97 Å². The van der Waals surface area contributed by atoms with Gasteiger partial charge in [-0.25, -0.2) is 4.79 Å². The number of ether oxygens (including phenoxy) is 2. The van der Waals surface area contributed by atoms with Gasteiger partial charge in [-0.05, 0) is 20.3 Å². The van der Waals surface area contributed by atoms with Gasteiger partial charge in [0.1, 0.15) is 0 Å². The van der Waals surface area contributed by atoms with E-state index in [1.165, 1.54) is 6.20 Å². The fraction of sp³-hybridized carbons (Fsp3) is 0.636. The van der Waals surface area contributed by atoms with E-state index in [1.807, 2.05) is 6.92 Å². The van der Waals surface area contributed by atoms with Crippen LogP contribution in [-0.4, -0.2) is 35.6 Å². The number of carbonyl (C=O) groups is 1. The fourth-order valence-electron chi connectivity index (χ4n) is 1.28. The molecule has 0 bridgehead atoms. The molecule has 0 N–H and O–H groups in total. The van der Waals surface area contributed by atoms with Gasteiger partial charge in [-0.1, -0.05) is 0 Å². The lowest BCUT2D eigenvalue weighted by atomic mass is 10.4. The first kappa shape index (κ1) is 12.7. The molecule has 5 nitrogen and oxygen atoms in total. The van der Waals surface area contributed by atoms with Gasteiger partial charge in [-0.15, -0.1) is 0 Å². The summed E-state index contributed by atoms with van der Waals surface area (Å²) in [4.78, 5) is 11.3. The first-order valence-corrected chi connectivity index (χ1v) is 5.55. The van der Waals surface area contributed by atoms with E-state index in [1.54, 1.807) is 17.8 Å². The van der Waals surface area contributed by atoms with Gasteiger partial charge >= 0.3 is 5.97 Å². The quantitative estimate of drug-likeness (QED) is 0.522. The van der Waals surface area contributed by atoms with Gasteiger partial charge in [0, 0.05) is 26.0 Å². The Labute approximate surface area is 95.3 Å². The molecule has 0 aliphatic rings. The van der Waals surface area contributed by atoms with Crippen molar-refractivity contribution in [3.8, 4) is 0 Å². The lowest BCUT2D eigenvalue weighted by molar-refractivity contribution is 0.0526. The largest absolute Gasteiger partial charge is 0.462 e. The molecule has 0 aliphatic heterocycles. The van der Waals surface area contributed by atoms with Crippen LogP contribution < -0.4 is 0 Å². The number of hydrogen-bond donors (Lipinski definition) is 0. The molecule has 0 aromatic carbocycles. The fourth-order valence-corrected chi connectivity index (χ4v) is 1.28. The van der Waals surface area contributed by atoms with E-state index in [2.05, 4.69) is 5.10 Å². The summed E-state index contributed by atoms with van der Waals surface area (Å²) in [5.74, 6) is -0.321. The second kappa shape index (κ2) is 7.00. The van der Waals surface area contributed by atoms with Crippen LogP contribution >= 0.6 is 0 Å². The van der Waals surface area contributed by atoms with Gasteiger partial charge in [-0.3, -0.25) is 4.68 Å². The Morgan fingerprint density at radius 2 is 2.25 bits per heavy atom. The number of hydrogen-bond acceptors (Lipinski definition) is 4. The lowest BCUT2D eigenvalue weighted by Crippen LogP contribution is -2.04. The van der Waals surface area contributed by atoms with Gasteiger partial charge in [-0.2, -0.15) is 5.10 Å². The summed E-state index contributed by atoms with van der Waals surface area (Å²) in [7, 11) is 0. The third-order valence-electron chi connectivity index (χ3n) is 2.02. The van der Waals surface area contributed by atoms with Crippen molar-refractivity contribution in [2.75, 3.05) is 19.8 Å². The van der Waals surface area contributed by atoms with E-state index in [0.717, 1.165) is 19.6 Å². The summed E-state index contributed by atoms with van der Waals surface area (Å²) in [5, 5.41) is 4.08. The molecule has 1 aromatic heterocycles. The highest BCUT2D eigenvalue weighted by Crippen LogP contribution is 2.01.